The number of carbonyl (C=O) groups is 1. The van der Waals surface area contributed by atoms with Crippen LogP contribution in [0.1, 0.15) is 21.5 Å². The lowest BCUT2D eigenvalue weighted by molar-refractivity contribution is 0.102. The van der Waals surface area contributed by atoms with Gasteiger partial charge in [-0.25, -0.2) is 9.97 Å². The van der Waals surface area contributed by atoms with E-state index in [1.165, 1.54) is 6.33 Å². The molecular weight excluding hydrogens is 410 g/mol. The Morgan fingerprint density at radius 3 is 2.61 bits per heavy atom. The second kappa shape index (κ2) is 9.36. The molecule has 154 valence electrons. The number of benzene rings is 2. The van der Waals surface area contributed by atoms with Crippen LogP contribution in [0.5, 0.6) is 0 Å². The minimum Gasteiger partial charge on any atom is -0.340 e. The van der Waals surface area contributed by atoms with E-state index in [1.807, 2.05) is 55.5 Å². The maximum absolute atomic E-state index is 12.6. The van der Waals surface area contributed by atoms with Crippen molar-refractivity contribution in [1.82, 2.24) is 15.0 Å². The molecule has 4 rings (SSSR count). The first-order chi connectivity index (χ1) is 15.1. The molecular formula is C24H20ClN5O. The Labute approximate surface area is 185 Å². The Balaban J connectivity index is 1.52. The van der Waals surface area contributed by atoms with Gasteiger partial charge in [0.05, 0.1) is 5.69 Å². The van der Waals surface area contributed by atoms with Crippen LogP contribution in [-0.4, -0.2) is 20.9 Å². The van der Waals surface area contributed by atoms with Gasteiger partial charge >= 0.3 is 0 Å². The summed E-state index contributed by atoms with van der Waals surface area (Å²) in [4.78, 5) is 25.3. The number of hydrogen-bond acceptors (Lipinski definition) is 5. The zero-order valence-electron chi connectivity index (χ0n) is 16.8. The third-order valence-electron chi connectivity index (χ3n) is 4.75. The summed E-state index contributed by atoms with van der Waals surface area (Å²) in [5.41, 5.74) is 5.76. The van der Waals surface area contributed by atoms with Gasteiger partial charge in [0.1, 0.15) is 12.1 Å². The van der Waals surface area contributed by atoms with Crippen LogP contribution in [0.4, 0.5) is 17.2 Å². The zero-order chi connectivity index (χ0) is 21.6. The third kappa shape index (κ3) is 5.05. The highest BCUT2D eigenvalue weighted by atomic mass is 35.5. The van der Waals surface area contributed by atoms with Crippen LogP contribution in [0.3, 0.4) is 0 Å². The van der Waals surface area contributed by atoms with E-state index >= 15 is 0 Å². The topological polar surface area (TPSA) is 79.8 Å². The van der Waals surface area contributed by atoms with E-state index in [4.69, 9.17) is 11.6 Å². The Morgan fingerprint density at radius 1 is 1.03 bits per heavy atom. The van der Waals surface area contributed by atoms with Crippen molar-refractivity contribution in [3.05, 3.63) is 96.1 Å². The smallest absolute Gasteiger partial charge is 0.255 e. The molecule has 0 aliphatic carbocycles. The van der Waals surface area contributed by atoms with Gasteiger partial charge in [0.25, 0.3) is 5.91 Å². The van der Waals surface area contributed by atoms with Gasteiger partial charge in [0.2, 0.25) is 0 Å². The molecule has 0 saturated heterocycles. The zero-order valence-corrected chi connectivity index (χ0v) is 17.6. The third-order valence-corrected chi connectivity index (χ3v) is 5.06. The summed E-state index contributed by atoms with van der Waals surface area (Å²) in [6.45, 7) is 1.99. The van der Waals surface area contributed by atoms with E-state index in [2.05, 4.69) is 25.6 Å². The maximum Gasteiger partial charge on any atom is 0.255 e. The fourth-order valence-electron chi connectivity index (χ4n) is 3.02. The lowest BCUT2D eigenvalue weighted by atomic mass is 10.1. The monoisotopic (exact) mass is 429 g/mol. The van der Waals surface area contributed by atoms with Gasteiger partial charge in [0.15, 0.2) is 0 Å². The van der Waals surface area contributed by atoms with Crippen LogP contribution < -0.4 is 10.6 Å². The molecule has 2 aromatic carbocycles. The van der Waals surface area contributed by atoms with Gasteiger partial charge in [-0.15, -0.1) is 11.6 Å². The number of carbonyl (C=O) groups excluding carboxylic acids is 1. The van der Waals surface area contributed by atoms with Crippen molar-refractivity contribution in [2.75, 3.05) is 10.6 Å². The molecule has 0 fully saturated rings. The number of halogens is 1. The lowest BCUT2D eigenvalue weighted by Gasteiger charge is -2.13. The quantitative estimate of drug-likeness (QED) is 0.391. The van der Waals surface area contributed by atoms with Gasteiger partial charge in [0, 0.05) is 46.8 Å². The molecule has 0 aliphatic heterocycles. The fraction of sp³-hybridized carbons (Fsp3) is 0.0833. The van der Waals surface area contributed by atoms with E-state index in [9.17, 15) is 4.79 Å². The van der Waals surface area contributed by atoms with Gasteiger partial charge < -0.3 is 10.6 Å². The minimum absolute atomic E-state index is 0.183. The second-order valence-corrected chi connectivity index (χ2v) is 7.24. The van der Waals surface area contributed by atoms with E-state index in [0.717, 1.165) is 28.1 Å². The summed E-state index contributed by atoms with van der Waals surface area (Å²) in [5.74, 6) is 0.884. The number of pyridine rings is 1. The van der Waals surface area contributed by atoms with Crippen LogP contribution in [0.25, 0.3) is 11.3 Å². The first kappa shape index (κ1) is 20.5. The fourth-order valence-corrected chi connectivity index (χ4v) is 3.20. The highest BCUT2D eigenvalue weighted by Gasteiger charge is 2.09. The first-order valence-electron chi connectivity index (χ1n) is 9.69. The van der Waals surface area contributed by atoms with E-state index in [0.29, 0.717) is 22.9 Å². The van der Waals surface area contributed by atoms with E-state index < -0.39 is 0 Å². The van der Waals surface area contributed by atoms with Crippen molar-refractivity contribution in [1.29, 1.82) is 0 Å². The standard InChI is InChI=1S/C24H20ClN5O/c1-16-4-9-20(29-24(31)18-7-5-17(13-25)6-8-18)11-21(16)30-23-12-22(27-15-28-23)19-3-2-10-26-14-19/h2-12,14-15H,13H2,1H3,(H,29,31)(H,27,28,30). The molecule has 0 aliphatic rings. The molecule has 0 saturated carbocycles. The Bertz CT molecular complexity index is 1200. The van der Waals surface area contributed by atoms with Gasteiger partial charge in [-0.2, -0.15) is 0 Å². The van der Waals surface area contributed by atoms with Gasteiger partial charge in [-0.05, 0) is 54.4 Å². The maximum atomic E-state index is 12.6. The molecule has 0 radical (unpaired) electrons. The predicted molar refractivity (Wildman–Crippen MR) is 124 cm³/mol. The lowest BCUT2D eigenvalue weighted by Crippen LogP contribution is -2.12. The van der Waals surface area contributed by atoms with Crippen LogP contribution >= 0.6 is 11.6 Å². The number of nitrogens with one attached hydrogen (secondary N) is 2. The normalized spacial score (nSPS) is 10.5. The average molecular weight is 430 g/mol. The number of aryl methyl sites for hydroxylation is 1. The van der Waals surface area contributed by atoms with Crippen molar-refractivity contribution < 1.29 is 4.79 Å². The van der Waals surface area contributed by atoms with Crippen LogP contribution in [0, 0.1) is 6.92 Å². The van der Waals surface area contributed by atoms with Crippen molar-refractivity contribution >= 4 is 34.7 Å². The summed E-state index contributed by atoms with van der Waals surface area (Å²) < 4.78 is 0. The molecule has 2 aromatic heterocycles. The van der Waals surface area contributed by atoms with Crippen molar-refractivity contribution in [2.45, 2.75) is 12.8 Å². The van der Waals surface area contributed by atoms with Gasteiger partial charge in [-0.1, -0.05) is 18.2 Å². The molecule has 0 bridgehead atoms. The number of amides is 1. The average Bonchev–Trinajstić information content (AvgIpc) is 2.82. The number of aromatic nitrogens is 3. The van der Waals surface area contributed by atoms with E-state index in [-0.39, 0.29) is 5.91 Å². The summed E-state index contributed by atoms with van der Waals surface area (Å²) >= 11 is 5.81. The Hall–Kier alpha value is -3.77. The molecule has 6 nitrogen and oxygen atoms in total. The Kier molecular flexibility index (Phi) is 6.19. The number of rotatable bonds is 6. The van der Waals surface area contributed by atoms with Gasteiger partial charge in [-0.3, -0.25) is 9.78 Å². The summed E-state index contributed by atoms with van der Waals surface area (Å²) in [6.07, 6.45) is 4.99. The van der Waals surface area contributed by atoms with Crippen molar-refractivity contribution in [3.8, 4) is 11.3 Å². The molecule has 1 amide bonds. The highest BCUT2D eigenvalue weighted by Crippen LogP contribution is 2.25. The largest absolute Gasteiger partial charge is 0.340 e. The first-order valence-corrected chi connectivity index (χ1v) is 10.2. The van der Waals surface area contributed by atoms with Crippen LogP contribution in [0.2, 0.25) is 0 Å². The molecule has 0 atom stereocenters. The second-order valence-electron chi connectivity index (χ2n) is 6.97. The van der Waals surface area contributed by atoms with Crippen LogP contribution in [0.15, 0.2) is 79.4 Å². The molecule has 4 aromatic rings. The summed E-state index contributed by atoms with van der Waals surface area (Å²) in [5, 5.41) is 6.25. The van der Waals surface area contributed by atoms with E-state index in [1.54, 1.807) is 24.5 Å². The molecule has 7 heteroatoms. The summed E-state index contributed by atoms with van der Waals surface area (Å²) in [6, 6.07) is 18.6. The molecule has 2 heterocycles. The molecule has 0 unspecified atom stereocenters. The minimum atomic E-state index is -0.183. The van der Waals surface area contributed by atoms with Crippen LogP contribution in [-0.2, 0) is 5.88 Å². The molecule has 0 spiro atoms. The number of alkyl halides is 1. The SMILES string of the molecule is Cc1ccc(NC(=O)c2ccc(CCl)cc2)cc1Nc1cc(-c2cccnc2)ncn1. The number of hydrogen-bond donors (Lipinski definition) is 2. The number of anilines is 3. The number of nitrogens with zero attached hydrogens (tertiary/aromatic N) is 3. The van der Waals surface area contributed by atoms with Crippen molar-refractivity contribution in [3.63, 3.8) is 0 Å². The Morgan fingerprint density at radius 2 is 1.87 bits per heavy atom. The molecule has 31 heavy (non-hydrogen) atoms. The molecule has 2 N–H and O–H groups in total. The predicted octanol–water partition coefficient (Wildman–Crippen LogP) is 5.58. The summed E-state index contributed by atoms with van der Waals surface area (Å²) in [7, 11) is 0. The highest BCUT2D eigenvalue weighted by molar-refractivity contribution is 6.17. The van der Waals surface area contributed by atoms with Crippen molar-refractivity contribution in [2.24, 2.45) is 0 Å².